The van der Waals surface area contributed by atoms with Crippen LogP contribution in [0.3, 0.4) is 0 Å². The van der Waals surface area contributed by atoms with E-state index in [2.05, 4.69) is 21.2 Å². The molecule has 0 aliphatic rings. The smallest absolute Gasteiger partial charge is 0.287 e. The lowest BCUT2D eigenvalue weighted by Crippen LogP contribution is -2.39. The molecule has 8 heteroatoms. The average molecular weight is 399 g/mol. The predicted octanol–water partition coefficient (Wildman–Crippen LogP) is 2.45. The molecule has 0 radical (unpaired) electrons. The van der Waals surface area contributed by atoms with Crippen molar-refractivity contribution in [2.24, 2.45) is 0 Å². The van der Waals surface area contributed by atoms with E-state index in [0.717, 1.165) is 0 Å². The van der Waals surface area contributed by atoms with Crippen molar-refractivity contribution >= 4 is 27.7 Å². The van der Waals surface area contributed by atoms with Crippen LogP contribution in [0, 0.1) is 5.82 Å². The molecule has 2 rings (SSSR count). The number of furan rings is 1. The second-order valence-corrected chi connectivity index (χ2v) is 5.66. The van der Waals surface area contributed by atoms with Gasteiger partial charge in [0.15, 0.2) is 22.0 Å². The average Bonchev–Trinajstić information content (AvgIpc) is 3.00. The van der Waals surface area contributed by atoms with E-state index in [-0.39, 0.29) is 37.1 Å². The van der Waals surface area contributed by atoms with E-state index in [1.807, 2.05) is 0 Å². The number of halogens is 2. The molecule has 0 fully saturated rings. The standard InChI is InChI=1S/C16H16BrFN2O4/c1-20(8-9-23-12-5-3-2-4-11(12)18)15(21)10-19-16(22)13-6-7-14(17)24-13/h2-7H,8-10H2,1H3,(H,19,22). The number of benzene rings is 1. The highest BCUT2D eigenvalue weighted by Crippen LogP contribution is 2.15. The Labute approximate surface area is 146 Å². The fourth-order valence-corrected chi connectivity index (χ4v) is 2.10. The molecule has 0 saturated heterocycles. The van der Waals surface area contributed by atoms with Crippen LogP contribution in [0.2, 0.25) is 0 Å². The summed E-state index contributed by atoms with van der Waals surface area (Å²) >= 11 is 3.09. The third-order valence-corrected chi connectivity index (χ3v) is 3.57. The van der Waals surface area contributed by atoms with Crippen molar-refractivity contribution in [2.45, 2.75) is 0 Å². The van der Waals surface area contributed by atoms with Crippen molar-refractivity contribution in [3.63, 3.8) is 0 Å². The first kappa shape index (κ1) is 18.0. The summed E-state index contributed by atoms with van der Waals surface area (Å²) in [5, 5.41) is 2.46. The Balaban J connectivity index is 1.72. The summed E-state index contributed by atoms with van der Waals surface area (Å²) in [5.74, 6) is -0.991. The first-order valence-corrected chi connectivity index (χ1v) is 7.91. The van der Waals surface area contributed by atoms with E-state index in [0.29, 0.717) is 4.67 Å². The van der Waals surface area contributed by atoms with E-state index in [4.69, 9.17) is 9.15 Å². The van der Waals surface area contributed by atoms with Gasteiger partial charge in [-0.2, -0.15) is 0 Å². The SMILES string of the molecule is CN(CCOc1ccccc1F)C(=O)CNC(=O)c1ccc(Br)o1. The molecule has 0 aliphatic carbocycles. The number of nitrogens with zero attached hydrogens (tertiary/aromatic N) is 1. The van der Waals surface area contributed by atoms with Gasteiger partial charge in [0.1, 0.15) is 6.61 Å². The van der Waals surface area contributed by atoms with Gasteiger partial charge < -0.3 is 19.4 Å². The summed E-state index contributed by atoms with van der Waals surface area (Å²) in [6.45, 7) is 0.227. The molecule has 1 aromatic carbocycles. The van der Waals surface area contributed by atoms with Gasteiger partial charge in [-0.3, -0.25) is 9.59 Å². The zero-order valence-corrected chi connectivity index (χ0v) is 14.5. The molecule has 0 bridgehead atoms. The monoisotopic (exact) mass is 398 g/mol. The molecule has 0 spiro atoms. The molecule has 1 N–H and O–H groups in total. The number of amides is 2. The van der Waals surface area contributed by atoms with Crippen LogP contribution in [0.25, 0.3) is 0 Å². The van der Waals surface area contributed by atoms with Crippen LogP contribution >= 0.6 is 15.9 Å². The highest BCUT2D eigenvalue weighted by atomic mass is 79.9. The van der Waals surface area contributed by atoms with E-state index in [9.17, 15) is 14.0 Å². The van der Waals surface area contributed by atoms with Gasteiger partial charge in [-0.05, 0) is 40.2 Å². The Kier molecular flexibility index (Phi) is 6.36. The van der Waals surface area contributed by atoms with E-state index < -0.39 is 11.7 Å². The molecule has 1 heterocycles. The lowest BCUT2D eigenvalue weighted by molar-refractivity contribution is -0.129. The molecule has 0 unspecified atom stereocenters. The maximum Gasteiger partial charge on any atom is 0.287 e. The Morgan fingerprint density at radius 3 is 2.71 bits per heavy atom. The van der Waals surface area contributed by atoms with Crippen molar-refractivity contribution in [1.29, 1.82) is 0 Å². The van der Waals surface area contributed by atoms with Crippen LogP contribution < -0.4 is 10.1 Å². The largest absolute Gasteiger partial charge is 0.489 e. The Morgan fingerprint density at radius 1 is 1.29 bits per heavy atom. The molecular weight excluding hydrogens is 383 g/mol. The molecule has 24 heavy (non-hydrogen) atoms. The summed E-state index contributed by atoms with van der Waals surface area (Å²) in [7, 11) is 1.57. The number of rotatable bonds is 7. The number of hydrogen-bond donors (Lipinski definition) is 1. The van der Waals surface area contributed by atoms with Crippen molar-refractivity contribution in [2.75, 3.05) is 26.7 Å². The van der Waals surface area contributed by atoms with Crippen molar-refractivity contribution < 1.29 is 23.1 Å². The van der Waals surface area contributed by atoms with Gasteiger partial charge in [-0.25, -0.2) is 4.39 Å². The van der Waals surface area contributed by atoms with Gasteiger partial charge in [0.25, 0.3) is 5.91 Å². The van der Waals surface area contributed by atoms with E-state index >= 15 is 0 Å². The third kappa shape index (κ3) is 5.09. The quantitative estimate of drug-likeness (QED) is 0.777. The minimum Gasteiger partial charge on any atom is -0.489 e. The number of hydrogen-bond acceptors (Lipinski definition) is 4. The van der Waals surface area contributed by atoms with Crippen molar-refractivity contribution in [3.05, 3.63) is 52.6 Å². The summed E-state index contributed by atoms with van der Waals surface area (Å²) in [6, 6.07) is 9.12. The molecule has 2 amide bonds. The van der Waals surface area contributed by atoms with Crippen LogP contribution in [-0.2, 0) is 4.79 Å². The van der Waals surface area contributed by atoms with Gasteiger partial charge in [0.05, 0.1) is 13.1 Å². The van der Waals surface area contributed by atoms with E-state index in [1.54, 1.807) is 25.2 Å². The Morgan fingerprint density at radius 2 is 2.04 bits per heavy atom. The second kappa shape index (κ2) is 8.49. The highest BCUT2D eigenvalue weighted by Gasteiger charge is 2.14. The first-order chi connectivity index (χ1) is 11.5. The van der Waals surface area contributed by atoms with Crippen LogP contribution in [-0.4, -0.2) is 43.5 Å². The Bertz CT molecular complexity index is 720. The molecular formula is C16H16BrFN2O4. The first-order valence-electron chi connectivity index (χ1n) is 7.12. The summed E-state index contributed by atoms with van der Waals surface area (Å²) in [4.78, 5) is 25.1. The molecule has 0 saturated carbocycles. The minimum absolute atomic E-state index is 0.111. The number of likely N-dealkylation sites (N-methyl/N-ethyl adjacent to an activating group) is 1. The van der Waals surface area contributed by atoms with Crippen molar-refractivity contribution in [3.8, 4) is 5.75 Å². The normalized spacial score (nSPS) is 10.3. The molecule has 2 aromatic rings. The fraction of sp³-hybridized carbons (Fsp3) is 0.250. The van der Waals surface area contributed by atoms with Gasteiger partial charge in [-0.1, -0.05) is 12.1 Å². The molecule has 6 nitrogen and oxygen atoms in total. The van der Waals surface area contributed by atoms with E-state index in [1.165, 1.54) is 23.1 Å². The summed E-state index contributed by atoms with van der Waals surface area (Å²) < 4.78 is 24.2. The Hall–Kier alpha value is -2.35. The summed E-state index contributed by atoms with van der Waals surface area (Å²) in [6.07, 6.45) is 0. The highest BCUT2D eigenvalue weighted by molar-refractivity contribution is 9.10. The van der Waals surface area contributed by atoms with Crippen LogP contribution in [0.1, 0.15) is 10.6 Å². The molecule has 0 aliphatic heterocycles. The fourth-order valence-electron chi connectivity index (χ4n) is 1.79. The van der Waals surface area contributed by atoms with Gasteiger partial charge in [0, 0.05) is 7.05 Å². The number of carbonyl (C=O) groups is 2. The topological polar surface area (TPSA) is 71.8 Å². The minimum atomic E-state index is -0.481. The third-order valence-electron chi connectivity index (χ3n) is 3.14. The lowest BCUT2D eigenvalue weighted by Gasteiger charge is -2.17. The van der Waals surface area contributed by atoms with Gasteiger partial charge in [0.2, 0.25) is 5.91 Å². The van der Waals surface area contributed by atoms with Gasteiger partial charge >= 0.3 is 0 Å². The lowest BCUT2D eigenvalue weighted by atomic mass is 10.3. The van der Waals surface area contributed by atoms with Crippen molar-refractivity contribution in [1.82, 2.24) is 10.2 Å². The maximum atomic E-state index is 13.4. The number of nitrogens with one attached hydrogen (secondary N) is 1. The van der Waals surface area contributed by atoms with Crippen LogP contribution in [0.4, 0.5) is 4.39 Å². The van der Waals surface area contributed by atoms with Gasteiger partial charge in [-0.15, -0.1) is 0 Å². The van der Waals surface area contributed by atoms with Crippen LogP contribution in [0.5, 0.6) is 5.75 Å². The second-order valence-electron chi connectivity index (χ2n) is 4.88. The zero-order chi connectivity index (χ0) is 17.5. The number of ether oxygens (including phenoxy) is 1. The molecule has 1 aromatic heterocycles. The number of carbonyl (C=O) groups excluding carboxylic acids is 2. The molecule has 128 valence electrons. The molecule has 0 atom stereocenters. The number of para-hydroxylation sites is 1. The maximum absolute atomic E-state index is 13.4. The van der Waals surface area contributed by atoms with Crippen LogP contribution in [0.15, 0.2) is 45.5 Å². The summed E-state index contributed by atoms with van der Waals surface area (Å²) in [5.41, 5.74) is 0. The predicted molar refractivity (Wildman–Crippen MR) is 88.3 cm³/mol. The zero-order valence-electron chi connectivity index (χ0n) is 12.9.